The molecule has 0 aliphatic carbocycles. The highest BCUT2D eigenvalue weighted by molar-refractivity contribution is 7.15. The molecule has 2 heterocycles. The van der Waals surface area contributed by atoms with Crippen molar-refractivity contribution in [2.24, 2.45) is 0 Å². The van der Waals surface area contributed by atoms with Gasteiger partial charge in [-0.05, 0) is 25.7 Å². The summed E-state index contributed by atoms with van der Waals surface area (Å²) in [6.07, 6.45) is 5.06. The molecule has 0 aromatic carbocycles. The highest BCUT2D eigenvalue weighted by atomic mass is 32.1. The summed E-state index contributed by atoms with van der Waals surface area (Å²) < 4.78 is 0. The second-order valence-electron chi connectivity index (χ2n) is 5.30. The first-order valence-corrected chi connectivity index (χ1v) is 7.99. The molecule has 0 amide bonds. The lowest BCUT2D eigenvalue weighted by molar-refractivity contribution is 0.576. The topological polar surface area (TPSA) is 28.2 Å². The molecule has 102 valence electrons. The lowest BCUT2D eigenvalue weighted by Gasteiger charge is -2.25. The van der Waals surface area contributed by atoms with Crippen molar-refractivity contribution in [2.75, 3.05) is 18.0 Å². The molecule has 1 aromatic rings. The van der Waals surface area contributed by atoms with Crippen LogP contribution in [0.5, 0.6) is 0 Å². The number of hydrogen-bond acceptors (Lipinski definition) is 4. The van der Waals surface area contributed by atoms with Crippen LogP contribution in [0.15, 0.2) is 0 Å². The van der Waals surface area contributed by atoms with Crippen LogP contribution < -0.4 is 10.2 Å². The molecule has 1 aliphatic rings. The zero-order chi connectivity index (χ0) is 13.0. The molecule has 0 bridgehead atoms. The van der Waals surface area contributed by atoms with E-state index in [9.17, 15) is 0 Å². The van der Waals surface area contributed by atoms with Crippen LogP contribution in [0.1, 0.15) is 50.6 Å². The van der Waals surface area contributed by atoms with Crippen LogP contribution in [-0.2, 0) is 13.0 Å². The van der Waals surface area contributed by atoms with Gasteiger partial charge in [0.05, 0.1) is 5.69 Å². The standard InChI is InChI=1S/C14H25N3S/c1-4-12-13(10-15-11(2)3)18-14(16-12)17-8-6-5-7-9-17/h11,15H,4-10H2,1-3H3. The molecule has 18 heavy (non-hydrogen) atoms. The van der Waals surface area contributed by atoms with Crippen molar-refractivity contribution < 1.29 is 0 Å². The second-order valence-corrected chi connectivity index (χ2v) is 6.37. The molecule has 1 fully saturated rings. The van der Waals surface area contributed by atoms with E-state index in [-0.39, 0.29) is 0 Å². The van der Waals surface area contributed by atoms with Gasteiger partial charge < -0.3 is 10.2 Å². The Labute approximate surface area is 115 Å². The van der Waals surface area contributed by atoms with Gasteiger partial charge in [-0.3, -0.25) is 0 Å². The van der Waals surface area contributed by atoms with Crippen molar-refractivity contribution in [1.82, 2.24) is 10.3 Å². The first-order valence-electron chi connectivity index (χ1n) is 7.17. The number of anilines is 1. The Balaban J connectivity index is 2.07. The van der Waals surface area contributed by atoms with Crippen LogP contribution >= 0.6 is 11.3 Å². The summed E-state index contributed by atoms with van der Waals surface area (Å²) in [5, 5.41) is 4.75. The second kappa shape index (κ2) is 6.53. The third-order valence-electron chi connectivity index (χ3n) is 3.40. The van der Waals surface area contributed by atoms with Crippen LogP contribution in [0, 0.1) is 0 Å². The van der Waals surface area contributed by atoms with Crippen LogP contribution in [0.4, 0.5) is 5.13 Å². The number of rotatable bonds is 5. The van der Waals surface area contributed by atoms with Gasteiger partial charge >= 0.3 is 0 Å². The van der Waals surface area contributed by atoms with Crippen LogP contribution in [-0.4, -0.2) is 24.1 Å². The van der Waals surface area contributed by atoms with Gasteiger partial charge in [-0.1, -0.05) is 20.8 Å². The largest absolute Gasteiger partial charge is 0.348 e. The molecule has 3 nitrogen and oxygen atoms in total. The van der Waals surface area contributed by atoms with Crippen molar-refractivity contribution in [2.45, 2.75) is 59.0 Å². The molecule has 0 radical (unpaired) electrons. The first-order chi connectivity index (χ1) is 8.70. The summed E-state index contributed by atoms with van der Waals surface area (Å²) in [6.45, 7) is 9.93. The maximum Gasteiger partial charge on any atom is 0.185 e. The van der Waals surface area contributed by atoms with E-state index in [0.717, 1.165) is 13.0 Å². The zero-order valence-corrected chi connectivity index (χ0v) is 12.6. The van der Waals surface area contributed by atoms with Crippen LogP contribution in [0.3, 0.4) is 0 Å². The van der Waals surface area contributed by atoms with E-state index < -0.39 is 0 Å². The molecule has 0 unspecified atom stereocenters. The summed E-state index contributed by atoms with van der Waals surface area (Å²) in [7, 11) is 0. The van der Waals surface area contributed by atoms with E-state index in [1.807, 2.05) is 11.3 Å². The Morgan fingerprint density at radius 3 is 2.61 bits per heavy atom. The quantitative estimate of drug-likeness (QED) is 0.888. The van der Waals surface area contributed by atoms with Gasteiger partial charge in [0, 0.05) is 30.6 Å². The lowest BCUT2D eigenvalue weighted by Crippen LogP contribution is -2.29. The third-order valence-corrected chi connectivity index (χ3v) is 4.56. The van der Waals surface area contributed by atoms with E-state index in [1.165, 1.54) is 48.1 Å². The van der Waals surface area contributed by atoms with Gasteiger partial charge in [0.2, 0.25) is 0 Å². The lowest BCUT2D eigenvalue weighted by atomic mass is 10.1. The maximum absolute atomic E-state index is 4.83. The molecule has 1 aromatic heterocycles. The molecule has 2 rings (SSSR count). The SMILES string of the molecule is CCc1nc(N2CCCCC2)sc1CNC(C)C. The average Bonchev–Trinajstić information content (AvgIpc) is 2.80. The molecule has 1 aliphatic heterocycles. The monoisotopic (exact) mass is 267 g/mol. The van der Waals surface area contributed by atoms with E-state index in [0.29, 0.717) is 6.04 Å². The molecular weight excluding hydrogens is 242 g/mol. The zero-order valence-electron chi connectivity index (χ0n) is 11.8. The summed E-state index contributed by atoms with van der Waals surface area (Å²) in [5.74, 6) is 0. The normalized spacial score (nSPS) is 16.6. The Hall–Kier alpha value is -0.610. The minimum Gasteiger partial charge on any atom is -0.348 e. The van der Waals surface area contributed by atoms with Crippen molar-refractivity contribution in [3.63, 3.8) is 0 Å². The fraction of sp³-hybridized carbons (Fsp3) is 0.786. The Kier molecular flexibility index (Phi) is 5.01. The maximum atomic E-state index is 4.83. The fourth-order valence-corrected chi connectivity index (χ4v) is 3.45. The number of piperidine rings is 1. The summed E-state index contributed by atoms with van der Waals surface area (Å²) in [6, 6.07) is 0.537. The molecular formula is C14H25N3S. The van der Waals surface area contributed by atoms with Gasteiger partial charge in [0.15, 0.2) is 5.13 Å². The summed E-state index contributed by atoms with van der Waals surface area (Å²) >= 11 is 1.88. The molecule has 1 N–H and O–H groups in total. The van der Waals surface area contributed by atoms with E-state index in [4.69, 9.17) is 4.98 Å². The number of nitrogens with one attached hydrogen (secondary N) is 1. The van der Waals surface area contributed by atoms with Crippen molar-refractivity contribution in [3.8, 4) is 0 Å². The molecule has 1 saturated heterocycles. The predicted molar refractivity (Wildman–Crippen MR) is 79.5 cm³/mol. The fourth-order valence-electron chi connectivity index (χ4n) is 2.30. The third kappa shape index (κ3) is 3.45. The van der Waals surface area contributed by atoms with Crippen molar-refractivity contribution in [3.05, 3.63) is 10.6 Å². The number of nitrogens with zero attached hydrogens (tertiary/aromatic N) is 2. The summed E-state index contributed by atoms with van der Waals surface area (Å²) in [5.41, 5.74) is 1.29. The number of aromatic nitrogens is 1. The molecule has 4 heteroatoms. The van der Waals surface area contributed by atoms with Gasteiger partial charge in [-0.15, -0.1) is 11.3 Å². The Morgan fingerprint density at radius 2 is 2.00 bits per heavy atom. The Morgan fingerprint density at radius 1 is 1.28 bits per heavy atom. The van der Waals surface area contributed by atoms with E-state index >= 15 is 0 Å². The van der Waals surface area contributed by atoms with Gasteiger partial charge in [-0.25, -0.2) is 4.98 Å². The van der Waals surface area contributed by atoms with E-state index in [1.54, 1.807) is 0 Å². The smallest absolute Gasteiger partial charge is 0.185 e. The number of hydrogen-bond donors (Lipinski definition) is 1. The highest BCUT2D eigenvalue weighted by Gasteiger charge is 2.17. The molecule has 0 atom stereocenters. The number of aryl methyl sites for hydroxylation is 1. The minimum absolute atomic E-state index is 0.537. The molecule has 0 saturated carbocycles. The van der Waals surface area contributed by atoms with Gasteiger partial charge in [0.1, 0.15) is 0 Å². The van der Waals surface area contributed by atoms with Crippen LogP contribution in [0.25, 0.3) is 0 Å². The molecule has 0 spiro atoms. The van der Waals surface area contributed by atoms with Gasteiger partial charge in [-0.2, -0.15) is 0 Å². The van der Waals surface area contributed by atoms with E-state index in [2.05, 4.69) is 31.0 Å². The summed E-state index contributed by atoms with van der Waals surface area (Å²) in [4.78, 5) is 8.72. The number of thiazole rings is 1. The van der Waals surface area contributed by atoms with Crippen molar-refractivity contribution >= 4 is 16.5 Å². The first kappa shape index (κ1) is 13.8. The van der Waals surface area contributed by atoms with Crippen LogP contribution in [0.2, 0.25) is 0 Å². The van der Waals surface area contributed by atoms with Gasteiger partial charge in [0.25, 0.3) is 0 Å². The Bertz CT molecular complexity index is 367. The predicted octanol–water partition coefficient (Wildman–Crippen LogP) is 3.19. The minimum atomic E-state index is 0.537. The average molecular weight is 267 g/mol. The van der Waals surface area contributed by atoms with Crippen molar-refractivity contribution in [1.29, 1.82) is 0 Å². The highest BCUT2D eigenvalue weighted by Crippen LogP contribution is 2.28.